The van der Waals surface area contributed by atoms with Crippen molar-refractivity contribution >= 4 is 33.3 Å². The molecule has 3 aromatic carbocycles. The molecule has 3 nitrogen and oxygen atoms in total. The lowest BCUT2D eigenvalue weighted by Gasteiger charge is -2.32. The number of aromatic amines is 1. The second kappa shape index (κ2) is 7.66. The minimum atomic E-state index is -0.0194. The zero-order valence-electron chi connectivity index (χ0n) is 16.2. The van der Waals surface area contributed by atoms with E-state index in [1.54, 1.807) is 0 Å². The first-order chi connectivity index (χ1) is 14.2. The summed E-state index contributed by atoms with van der Waals surface area (Å²) in [6, 6.07) is 22.6. The molecule has 4 heteroatoms. The summed E-state index contributed by atoms with van der Waals surface area (Å²) < 4.78 is 0. The van der Waals surface area contributed by atoms with E-state index in [4.69, 9.17) is 11.6 Å². The second-order valence-corrected chi connectivity index (χ2v) is 8.42. The molecular weight excluding hydrogens is 380 g/mol. The van der Waals surface area contributed by atoms with Crippen molar-refractivity contribution in [2.75, 3.05) is 13.1 Å². The number of piperidine rings is 1. The maximum absolute atomic E-state index is 12.4. The van der Waals surface area contributed by atoms with Crippen molar-refractivity contribution in [3.63, 3.8) is 0 Å². The summed E-state index contributed by atoms with van der Waals surface area (Å²) in [7, 11) is 0. The van der Waals surface area contributed by atoms with Crippen LogP contribution in [-0.4, -0.2) is 23.0 Å². The van der Waals surface area contributed by atoms with Gasteiger partial charge in [0.15, 0.2) is 0 Å². The SMILES string of the molecule is O=c1[nH]c2cc(CN3CCC(c4ccc(Cl)cc4)CC3)ccc2c2ccccc12. The van der Waals surface area contributed by atoms with E-state index in [1.165, 1.54) is 11.1 Å². The van der Waals surface area contributed by atoms with Gasteiger partial charge in [0, 0.05) is 27.9 Å². The Balaban J connectivity index is 1.33. The van der Waals surface area contributed by atoms with Gasteiger partial charge in [0.05, 0.1) is 0 Å². The highest BCUT2D eigenvalue weighted by Crippen LogP contribution is 2.30. The Morgan fingerprint density at radius 3 is 2.38 bits per heavy atom. The highest BCUT2D eigenvalue weighted by Gasteiger charge is 2.20. The molecule has 0 bridgehead atoms. The number of hydrogen-bond donors (Lipinski definition) is 1. The van der Waals surface area contributed by atoms with E-state index in [0.29, 0.717) is 5.92 Å². The van der Waals surface area contributed by atoms with E-state index < -0.39 is 0 Å². The van der Waals surface area contributed by atoms with Crippen molar-refractivity contribution in [2.24, 2.45) is 0 Å². The first-order valence-corrected chi connectivity index (χ1v) is 10.6. The number of halogens is 1. The molecule has 1 saturated heterocycles. The molecule has 1 aliphatic rings. The number of benzene rings is 3. The zero-order chi connectivity index (χ0) is 19.8. The molecule has 0 atom stereocenters. The van der Waals surface area contributed by atoms with E-state index in [0.717, 1.165) is 59.2 Å². The molecule has 2 heterocycles. The highest BCUT2D eigenvalue weighted by molar-refractivity contribution is 6.30. The van der Waals surface area contributed by atoms with Gasteiger partial charge in [0.25, 0.3) is 5.56 Å². The molecular formula is C25H23ClN2O. The number of pyridine rings is 1. The van der Waals surface area contributed by atoms with E-state index >= 15 is 0 Å². The smallest absolute Gasteiger partial charge is 0.256 e. The predicted molar refractivity (Wildman–Crippen MR) is 121 cm³/mol. The highest BCUT2D eigenvalue weighted by atomic mass is 35.5. The standard InChI is InChI=1S/C25H23ClN2O/c26-20-8-6-18(7-9-20)19-11-13-28(14-12-19)16-17-5-10-22-21-3-1-2-4-23(21)25(29)27-24(22)15-17/h1-10,15,19H,11-14,16H2,(H,27,29). The minimum Gasteiger partial charge on any atom is -0.321 e. The van der Waals surface area contributed by atoms with Gasteiger partial charge >= 0.3 is 0 Å². The van der Waals surface area contributed by atoms with E-state index in [1.807, 2.05) is 36.4 Å². The number of fused-ring (bicyclic) bond motifs is 3. The van der Waals surface area contributed by atoms with Crippen LogP contribution in [0.3, 0.4) is 0 Å². The van der Waals surface area contributed by atoms with E-state index in [9.17, 15) is 4.79 Å². The summed E-state index contributed by atoms with van der Waals surface area (Å²) in [6.45, 7) is 3.08. The summed E-state index contributed by atoms with van der Waals surface area (Å²) in [4.78, 5) is 18.0. The van der Waals surface area contributed by atoms with Crippen molar-refractivity contribution < 1.29 is 0 Å². The largest absolute Gasteiger partial charge is 0.321 e. The van der Waals surface area contributed by atoms with Crippen LogP contribution in [0.5, 0.6) is 0 Å². The van der Waals surface area contributed by atoms with Crippen LogP contribution in [0.4, 0.5) is 0 Å². The molecule has 0 amide bonds. The summed E-state index contributed by atoms with van der Waals surface area (Å²) in [5.41, 5.74) is 3.54. The Bertz CT molecular complexity index is 1220. The predicted octanol–water partition coefficient (Wildman–Crippen LogP) is 5.71. The fraction of sp³-hybridized carbons (Fsp3) is 0.240. The Morgan fingerprint density at radius 2 is 1.62 bits per heavy atom. The van der Waals surface area contributed by atoms with Crippen LogP contribution < -0.4 is 5.56 Å². The third kappa shape index (κ3) is 3.68. The lowest BCUT2D eigenvalue weighted by atomic mass is 9.89. The molecule has 0 aliphatic carbocycles. The van der Waals surface area contributed by atoms with Gasteiger partial charge < -0.3 is 4.98 Å². The fourth-order valence-corrected chi connectivity index (χ4v) is 4.68. The normalized spacial score (nSPS) is 15.9. The maximum atomic E-state index is 12.4. The van der Waals surface area contributed by atoms with Crippen molar-refractivity contribution in [3.8, 4) is 0 Å². The molecule has 0 saturated carbocycles. The summed E-state index contributed by atoms with van der Waals surface area (Å²) in [6.07, 6.45) is 2.33. The molecule has 0 unspecified atom stereocenters. The van der Waals surface area contributed by atoms with Gasteiger partial charge in [-0.25, -0.2) is 0 Å². The Hall–Kier alpha value is -2.62. The Kier molecular flexibility index (Phi) is 4.86. The third-order valence-electron chi connectivity index (χ3n) is 6.13. The average molecular weight is 403 g/mol. The summed E-state index contributed by atoms with van der Waals surface area (Å²) in [5, 5.41) is 3.66. The van der Waals surface area contributed by atoms with Crippen molar-refractivity contribution in [1.82, 2.24) is 9.88 Å². The molecule has 1 aromatic heterocycles. The van der Waals surface area contributed by atoms with Crippen LogP contribution in [0.15, 0.2) is 71.5 Å². The van der Waals surface area contributed by atoms with Crippen molar-refractivity contribution in [3.05, 3.63) is 93.2 Å². The van der Waals surface area contributed by atoms with Crippen molar-refractivity contribution in [2.45, 2.75) is 25.3 Å². The van der Waals surface area contributed by atoms with E-state index in [-0.39, 0.29) is 5.56 Å². The van der Waals surface area contributed by atoms with Crippen LogP contribution >= 0.6 is 11.6 Å². The van der Waals surface area contributed by atoms with Crippen LogP contribution in [0.2, 0.25) is 5.02 Å². The molecule has 0 spiro atoms. The molecule has 1 fully saturated rings. The molecule has 5 rings (SSSR count). The molecule has 1 aliphatic heterocycles. The second-order valence-electron chi connectivity index (χ2n) is 7.98. The first kappa shape index (κ1) is 18.4. The maximum Gasteiger partial charge on any atom is 0.256 e. The quantitative estimate of drug-likeness (QED) is 0.445. The topological polar surface area (TPSA) is 36.1 Å². The Labute approximate surface area is 174 Å². The number of H-pyrrole nitrogens is 1. The van der Waals surface area contributed by atoms with Crippen LogP contribution in [0, 0.1) is 0 Å². The van der Waals surface area contributed by atoms with Gasteiger partial charge in [-0.2, -0.15) is 0 Å². The molecule has 0 radical (unpaired) electrons. The fourth-order valence-electron chi connectivity index (χ4n) is 4.55. The number of hydrogen-bond acceptors (Lipinski definition) is 2. The lowest BCUT2D eigenvalue weighted by Crippen LogP contribution is -2.32. The zero-order valence-corrected chi connectivity index (χ0v) is 17.0. The number of aromatic nitrogens is 1. The van der Waals surface area contributed by atoms with Gasteiger partial charge in [-0.1, -0.05) is 54.1 Å². The molecule has 29 heavy (non-hydrogen) atoms. The molecule has 1 N–H and O–H groups in total. The molecule has 4 aromatic rings. The number of nitrogens with zero attached hydrogens (tertiary/aromatic N) is 1. The molecule has 146 valence electrons. The third-order valence-corrected chi connectivity index (χ3v) is 6.38. The van der Waals surface area contributed by atoms with Gasteiger partial charge in [-0.3, -0.25) is 9.69 Å². The average Bonchev–Trinajstić information content (AvgIpc) is 2.75. The van der Waals surface area contributed by atoms with E-state index in [2.05, 4.69) is 40.2 Å². The van der Waals surface area contributed by atoms with Gasteiger partial charge in [0.1, 0.15) is 0 Å². The monoisotopic (exact) mass is 402 g/mol. The van der Waals surface area contributed by atoms with Crippen molar-refractivity contribution in [1.29, 1.82) is 0 Å². The van der Waals surface area contributed by atoms with Gasteiger partial charge in [-0.15, -0.1) is 0 Å². The Morgan fingerprint density at radius 1 is 0.897 bits per heavy atom. The number of nitrogens with one attached hydrogen (secondary N) is 1. The van der Waals surface area contributed by atoms with Crippen LogP contribution in [-0.2, 0) is 6.54 Å². The van der Waals surface area contributed by atoms with Gasteiger partial charge in [0.2, 0.25) is 0 Å². The number of rotatable bonds is 3. The summed E-state index contributed by atoms with van der Waals surface area (Å²) >= 11 is 6.02. The minimum absolute atomic E-state index is 0.0194. The van der Waals surface area contributed by atoms with Crippen LogP contribution in [0.25, 0.3) is 21.7 Å². The lowest BCUT2D eigenvalue weighted by molar-refractivity contribution is 0.204. The van der Waals surface area contributed by atoms with Gasteiger partial charge in [-0.05, 0) is 72.6 Å². The summed E-state index contributed by atoms with van der Waals surface area (Å²) in [5.74, 6) is 0.614. The van der Waals surface area contributed by atoms with Crippen LogP contribution in [0.1, 0.15) is 29.9 Å². The first-order valence-electron chi connectivity index (χ1n) is 10.2. The number of likely N-dealkylation sites (tertiary alicyclic amines) is 1.